The Bertz CT molecular complexity index is 700. The summed E-state index contributed by atoms with van der Waals surface area (Å²) in [6.07, 6.45) is 10.1. The molecule has 4 N–H and O–H groups in total. The maximum absolute atomic E-state index is 11.6. The molecule has 28 heavy (non-hydrogen) atoms. The first-order chi connectivity index (χ1) is 13.2. The molecule has 1 atom stereocenters. The Morgan fingerprint density at radius 3 is 2.89 bits per heavy atom. The Hall–Kier alpha value is -1.84. The first-order valence-corrected chi connectivity index (χ1v) is 9.85. The van der Waals surface area contributed by atoms with Crippen molar-refractivity contribution in [2.24, 2.45) is 16.6 Å². The van der Waals surface area contributed by atoms with Crippen LogP contribution >= 0.6 is 24.0 Å². The Kier molecular flexibility index (Phi) is 9.01. The molecule has 8 heteroatoms. The molecule has 2 heterocycles. The van der Waals surface area contributed by atoms with Crippen molar-refractivity contribution < 1.29 is 4.79 Å². The van der Waals surface area contributed by atoms with Crippen LogP contribution in [-0.4, -0.2) is 42.5 Å². The van der Waals surface area contributed by atoms with Crippen LogP contribution in [0.15, 0.2) is 35.5 Å². The lowest BCUT2D eigenvalue weighted by Gasteiger charge is -2.33. The Labute approximate surface area is 184 Å². The van der Waals surface area contributed by atoms with Crippen LogP contribution in [0.5, 0.6) is 0 Å². The molecule has 0 radical (unpaired) electrons. The highest BCUT2D eigenvalue weighted by Gasteiger charge is 2.26. The van der Waals surface area contributed by atoms with Gasteiger partial charge in [0.1, 0.15) is 5.82 Å². The minimum absolute atomic E-state index is 0. The second-order valence-corrected chi connectivity index (χ2v) is 7.15. The Morgan fingerprint density at radius 2 is 2.18 bits per heavy atom. The number of aromatic nitrogens is 1. The van der Waals surface area contributed by atoms with Crippen LogP contribution in [0.1, 0.15) is 38.2 Å². The van der Waals surface area contributed by atoms with E-state index < -0.39 is 0 Å². The van der Waals surface area contributed by atoms with Crippen LogP contribution in [0, 0.1) is 5.92 Å². The van der Waals surface area contributed by atoms with Crippen molar-refractivity contribution in [2.75, 3.05) is 24.5 Å². The van der Waals surface area contributed by atoms with Crippen molar-refractivity contribution in [1.29, 1.82) is 0 Å². The van der Waals surface area contributed by atoms with E-state index in [9.17, 15) is 4.79 Å². The maximum atomic E-state index is 11.6. The lowest BCUT2D eigenvalue weighted by molar-refractivity contribution is -0.122. The van der Waals surface area contributed by atoms with Crippen LogP contribution in [-0.2, 0) is 11.3 Å². The smallest absolute Gasteiger partial charge is 0.222 e. The highest BCUT2D eigenvalue weighted by atomic mass is 127. The molecule has 1 aromatic rings. The highest BCUT2D eigenvalue weighted by Crippen LogP contribution is 2.25. The Morgan fingerprint density at radius 1 is 1.39 bits per heavy atom. The topological polar surface area (TPSA) is 95.6 Å². The van der Waals surface area contributed by atoms with Crippen LogP contribution in [0.4, 0.5) is 5.82 Å². The van der Waals surface area contributed by atoms with Crippen LogP contribution in [0.3, 0.4) is 0 Å². The maximum Gasteiger partial charge on any atom is 0.222 e. The fourth-order valence-electron chi connectivity index (χ4n) is 3.65. The number of nitrogens with two attached hydrogens (primary N) is 1. The molecule has 1 saturated heterocycles. The molecular formula is C20H31IN6O. The standard InChI is InChI=1S/C20H30N6O.HI/c1-2-22-20(25-17-9-3-4-10-17)24-13-15-7-5-11-23-19(15)26-12-6-8-16(14-26)18(21)27;/h3-5,7,11,16-17H,2,6,8-10,12-14H2,1H3,(H2,21,27)(H2,22,24,25);1H. The van der Waals surface area contributed by atoms with Crippen LogP contribution in [0.2, 0.25) is 0 Å². The molecule has 0 saturated carbocycles. The number of carbonyl (C=O) groups excluding carboxylic acids is 1. The average Bonchev–Trinajstić information content (AvgIpc) is 3.20. The molecule has 0 aromatic carbocycles. The molecule has 7 nitrogen and oxygen atoms in total. The molecule has 3 rings (SSSR count). The van der Waals surface area contributed by atoms with E-state index in [0.29, 0.717) is 19.1 Å². The fourth-order valence-corrected chi connectivity index (χ4v) is 3.65. The highest BCUT2D eigenvalue weighted by molar-refractivity contribution is 14.0. The molecule has 1 fully saturated rings. The third-order valence-electron chi connectivity index (χ3n) is 5.09. The molecule has 0 spiro atoms. The second-order valence-electron chi connectivity index (χ2n) is 7.15. The summed E-state index contributed by atoms with van der Waals surface area (Å²) in [6.45, 7) is 4.95. The molecule has 1 unspecified atom stereocenters. The van der Waals surface area contributed by atoms with Gasteiger partial charge in [-0.15, -0.1) is 24.0 Å². The van der Waals surface area contributed by atoms with Crippen LogP contribution in [0.25, 0.3) is 0 Å². The number of nitrogens with one attached hydrogen (secondary N) is 2. The van der Waals surface area contributed by atoms with Crippen LogP contribution < -0.4 is 21.3 Å². The number of halogens is 1. The van der Waals surface area contributed by atoms with Gasteiger partial charge < -0.3 is 21.3 Å². The van der Waals surface area contributed by atoms with E-state index in [4.69, 9.17) is 10.7 Å². The summed E-state index contributed by atoms with van der Waals surface area (Å²) < 4.78 is 0. The Balaban J connectivity index is 0.00000280. The number of piperidine rings is 1. The molecule has 1 aliphatic heterocycles. The van der Waals surface area contributed by atoms with Crippen molar-refractivity contribution in [3.8, 4) is 0 Å². The lowest BCUT2D eigenvalue weighted by atomic mass is 9.97. The summed E-state index contributed by atoms with van der Waals surface area (Å²) >= 11 is 0. The number of hydrogen-bond acceptors (Lipinski definition) is 4. The van der Waals surface area contributed by atoms with Gasteiger partial charge in [0.05, 0.1) is 12.5 Å². The molecule has 1 amide bonds. The quantitative estimate of drug-likeness (QED) is 0.242. The van der Waals surface area contributed by atoms with Gasteiger partial charge in [0.15, 0.2) is 5.96 Å². The fraction of sp³-hybridized carbons (Fsp3) is 0.550. The van der Waals surface area contributed by atoms with E-state index in [1.165, 1.54) is 0 Å². The van der Waals surface area contributed by atoms with Gasteiger partial charge in [-0.1, -0.05) is 18.2 Å². The summed E-state index contributed by atoms with van der Waals surface area (Å²) in [7, 11) is 0. The summed E-state index contributed by atoms with van der Waals surface area (Å²) in [5, 5.41) is 6.81. The van der Waals surface area contributed by atoms with E-state index in [-0.39, 0.29) is 35.8 Å². The predicted octanol–water partition coefficient (Wildman–Crippen LogP) is 2.18. The van der Waals surface area contributed by atoms with Gasteiger partial charge in [0.25, 0.3) is 0 Å². The van der Waals surface area contributed by atoms with E-state index >= 15 is 0 Å². The molecule has 2 aliphatic rings. The number of hydrogen-bond donors (Lipinski definition) is 3. The zero-order valence-electron chi connectivity index (χ0n) is 16.4. The normalized spacial score (nSPS) is 20.0. The number of pyridine rings is 1. The van der Waals surface area contributed by atoms with Crippen molar-refractivity contribution in [1.82, 2.24) is 15.6 Å². The number of amides is 1. The van der Waals surface area contributed by atoms with Gasteiger partial charge in [-0.2, -0.15) is 0 Å². The van der Waals surface area contributed by atoms with Crippen molar-refractivity contribution in [2.45, 2.75) is 45.2 Å². The SMILES string of the molecule is CCNC(=NCc1cccnc1N1CCCC(C(N)=O)C1)NC1CC=CC1.I. The first kappa shape index (κ1) is 22.4. The second kappa shape index (κ2) is 11.2. The molecule has 0 bridgehead atoms. The largest absolute Gasteiger partial charge is 0.369 e. The van der Waals surface area contributed by atoms with E-state index in [1.54, 1.807) is 6.20 Å². The predicted molar refractivity (Wildman–Crippen MR) is 124 cm³/mol. The third kappa shape index (κ3) is 6.08. The number of carbonyl (C=O) groups is 1. The average molecular weight is 498 g/mol. The van der Waals surface area contributed by atoms with E-state index in [0.717, 1.165) is 56.1 Å². The number of primary amides is 1. The zero-order valence-corrected chi connectivity index (χ0v) is 18.8. The third-order valence-corrected chi connectivity index (χ3v) is 5.09. The summed E-state index contributed by atoms with van der Waals surface area (Å²) in [5.74, 6) is 1.41. The summed E-state index contributed by atoms with van der Waals surface area (Å²) in [4.78, 5) is 23.1. The van der Waals surface area contributed by atoms with Crippen molar-refractivity contribution in [3.63, 3.8) is 0 Å². The van der Waals surface area contributed by atoms with Gasteiger partial charge in [-0.3, -0.25) is 4.79 Å². The zero-order chi connectivity index (χ0) is 19.1. The lowest BCUT2D eigenvalue weighted by Crippen LogP contribution is -2.42. The number of rotatable bonds is 6. The number of nitrogens with zero attached hydrogens (tertiary/aromatic N) is 3. The molecular weight excluding hydrogens is 467 g/mol. The van der Waals surface area contributed by atoms with Crippen molar-refractivity contribution >= 4 is 41.7 Å². The van der Waals surface area contributed by atoms with Crippen molar-refractivity contribution in [3.05, 3.63) is 36.0 Å². The number of guanidine groups is 1. The van der Waals surface area contributed by atoms with Gasteiger partial charge >= 0.3 is 0 Å². The number of aliphatic imine (C=N–C) groups is 1. The van der Waals surface area contributed by atoms with Gasteiger partial charge in [-0.25, -0.2) is 9.98 Å². The monoisotopic (exact) mass is 498 g/mol. The minimum Gasteiger partial charge on any atom is -0.369 e. The first-order valence-electron chi connectivity index (χ1n) is 9.85. The number of anilines is 1. The van der Waals surface area contributed by atoms with Gasteiger partial charge in [0.2, 0.25) is 5.91 Å². The molecule has 1 aliphatic carbocycles. The van der Waals surface area contributed by atoms with Gasteiger partial charge in [-0.05, 0) is 38.7 Å². The minimum atomic E-state index is -0.223. The summed E-state index contributed by atoms with van der Waals surface area (Å²) in [5.41, 5.74) is 6.59. The van der Waals surface area contributed by atoms with E-state index in [2.05, 4.69) is 45.7 Å². The molecule has 1 aromatic heterocycles. The van der Waals surface area contributed by atoms with Gasteiger partial charge in [0, 0.05) is 37.4 Å². The summed E-state index contributed by atoms with van der Waals surface area (Å²) in [6, 6.07) is 4.40. The molecule has 154 valence electrons. The van der Waals surface area contributed by atoms with E-state index in [1.807, 2.05) is 6.07 Å².